The van der Waals surface area contributed by atoms with Crippen molar-refractivity contribution in [3.63, 3.8) is 0 Å². The fourth-order valence-corrected chi connectivity index (χ4v) is 48.6. The molecule has 6 rings (SSSR count). The molecule has 7 heteroatoms. The van der Waals surface area contributed by atoms with Crippen LogP contribution in [0.2, 0.25) is 0 Å². The Hall–Kier alpha value is -0.717. The smallest absolute Gasteiger partial charge is 1.00 e. The van der Waals surface area contributed by atoms with E-state index in [2.05, 4.69) is 132 Å². The molecule has 4 atom stereocenters. The summed E-state index contributed by atoms with van der Waals surface area (Å²) in [5, 5.41) is 3.29. The second-order valence-electron chi connectivity index (χ2n) is 8.74. The van der Waals surface area contributed by atoms with Gasteiger partial charge in [-0.15, -0.1) is 0 Å². The summed E-state index contributed by atoms with van der Waals surface area (Å²) in [5.41, 5.74) is 12.8. The maximum absolute atomic E-state index is 2.78. The zero-order valence-corrected chi connectivity index (χ0v) is 27.8. The first kappa shape index (κ1) is 29.3. The fourth-order valence-electron chi connectivity index (χ4n) is 4.91. The molecule has 4 aromatic carbocycles. The summed E-state index contributed by atoms with van der Waals surface area (Å²) in [6.45, 7) is 0. The maximum atomic E-state index is 2.78. The van der Waals surface area contributed by atoms with Gasteiger partial charge in [-0.2, -0.15) is 0 Å². The Morgan fingerprint density at radius 1 is 0.459 bits per heavy atom. The van der Waals surface area contributed by atoms with Gasteiger partial charge in [0, 0.05) is 0 Å². The number of hydrogen-bond donors (Lipinski definition) is 0. The van der Waals surface area contributed by atoms with Crippen LogP contribution in [0, 0.1) is 0 Å². The van der Waals surface area contributed by atoms with E-state index in [1.54, 1.807) is 21.7 Å². The van der Waals surface area contributed by atoms with E-state index in [4.69, 9.17) is 0 Å². The van der Waals surface area contributed by atoms with Gasteiger partial charge >= 0.3 is 225 Å². The molecular weight excluding hydrogens is 646 g/mol. The van der Waals surface area contributed by atoms with Gasteiger partial charge in [-0.1, -0.05) is 0 Å². The van der Waals surface area contributed by atoms with E-state index in [1.165, 1.54) is 27.5 Å². The molecule has 0 amide bonds. The molecule has 0 aliphatic carbocycles. The van der Waals surface area contributed by atoms with Crippen LogP contribution < -0.4 is 24.8 Å². The first-order valence-electron chi connectivity index (χ1n) is 11.9. The van der Waals surface area contributed by atoms with Crippen LogP contribution in [0.15, 0.2) is 121 Å². The molecule has 184 valence electrons. The predicted octanol–water partition coefficient (Wildman–Crippen LogP) is 2.70. The molecule has 4 unspecified atom stereocenters. The standard InChI is InChI=1S/2C15H12P2.2ClH.Zr/c2*1-3-7-12(8-4-1)14-15(17-11-16-14)13-9-5-2-6-10-13;;;/h2*1-11,14H;2*1H;. The van der Waals surface area contributed by atoms with Crippen LogP contribution >= 0.6 is 26.1 Å². The van der Waals surface area contributed by atoms with Crippen molar-refractivity contribution in [2.24, 2.45) is 0 Å². The van der Waals surface area contributed by atoms with Gasteiger partial charge < -0.3 is 24.8 Å². The van der Waals surface area contributed by atoms with Crippen molar-refractivity contribution < 1.29 is 46.9 Å². The number of benzene rings is 4. The Kier molecular flexibility index (Phi) is 11.1. The van der Waals surface area contributed by atoms with Gasteiger partial charge in [0.15, 0.2) is 0 Å². The molecule has 2 aliphatic heterocycles. The number of hydrogen-bond acceptors (Lipinski definition) is 0. The molecule has 0 bridgehead atoms. The average molecular weight is 673 g/mol. The molecule has 37 heavy (non-hydrogen) atoms. The predicted molar refractivity (Wildman–Crippen MR) is 162 cm³/mol. The van der Waals surface area contributed by atoms with Gasteiger partial charge in [0.25, 0.3) is 0 Å². The molecule has 0 nitrogen and oxygen atoms in total. The maximum Gasteiger partial charge on any atom is -1.00 e. The summed E-state index contributed by atoms with van der Waals surface area (Å²) in [6, 6.07) is 45.2. The summed E-state index contributed by atoms with van der Waals surface area (Å²) in [7, 11) is 2.94. The van der Waals surface area contributed by atoms with E-state index in [0.717, 1.165) is 0 Å². The van der Waals surface area contributed by atoms with Crippen molar-refractivity contribution in [2.75, 3.05) is 0 Å². The third-order valence-corrected chi connectivity index (χ3v) is 39.4. The Balaban J connectivity index is 0.00000160. The Labute approximate surface area is 247 Å². The van der Waals surface area contributed by atoms with E-state index in [-0.39, 0.29) is 24.8 Å². The second-order valence-corrected chi connectivity index (χ2v) is 30.3. The van der Waals surface area contributed by atoms with Gasteiger partial charge in [0.2, 0.25) is 0 Å². The minimum atomic E-state index is -0.620. The van der Waals surface area contributed by atoms with E-state index in [1.807, 2.05) is 0 Å². The third kappa shape index (κ3) is 6.54. The van der Waals surface area contributed by atoms with E-state index in [9.17, 15) is 0 Å². The van der Waals surface area contributed by atoms with Crippen molar-refractivity contribution in [1.82, 2.24) is 0 Å². The topological polar surface area (TPSA) is 0 Å². The van der Waals surface area contributed by atoms with Gasteiger partial charge in [0.05, 0.1) is 0 Å². The molecule has 0 spiro atoms. The second kappa shape index (κ2) is 14.1. The van der Waals surface area contributed by atoms with Crippen LogP contribution in [-0.4, -0.2) is 21.7 Å². The van der Waals surface area contributed by atoms with E-state index >= 15 is 0 Å². The number of halogens is 2. The minimum absolute atomic E-state index is 0. The van der Waals surface area contributed by atoms with Crippen LogP contribution in [0.25, 0.3) is 0 Å². The summed E-state index contributed by atoms with van der Waals surface area (Å²) in [6.07, 6.45) is 0. The third-order valence-electron chi connectivity index (χ3n) is 6.55. The van der Waals surface area contributed by atoms with Crippen LogP contribution in [0.1, 0.15) is 33.6 Å². The molecule has 0 radical (unpaired) electrons. The van der Waals surface area contributed by atoms with Gasteiger partial charge in [-0.3, -0.25) is 0 Å². The molecule has 2 aliphatic rings. The molecule has 0 saturated carbocycles. The van der Waals surface area contributed by atoms with E-state index < -0.39 is 31.7 Å². The Morgan fingerprint density at radius 3 is 1.14 bits per heavy atom. The quantitative estimate of drug-likeness (QED) is 0.277. The molecule has 0 fully saturated rings. The normalized spacial score (nSPS) is 22.6. The Bertz CT molecular complexity index is 1340. The van der Waals surface area contributed by atoms with Gasteiger partial charge in [0.1, 0.15) is 0 Å². The zero-order valence-electron chi connectivity index (χ0n) is 20.0. The van der Waals surface area contributed by atoms with Crippen molar-refractivity contribution in [3.05, 3.63) is 144 Å². The monoisotopic (exact) mass is 670 g/mol. The minimum Gasteiger partial charge on any atom is -1.00 e. The summed E-state index contributed by atoms with van der Waals surface area (Å²) in [4.78, 5) is -1.07. The van der Waals surface area contributed by atoms with Crippen molar-refractivity contribution in [1.29, 1.82) is 0 Å². The first-order valence-corrected chi connectivity index (χ1v) is 24.5. The van der Waals surface area contributed by atoms with Crippen molar-refractivity contribution in [3.8, 4) is 0 Å². The Morgan fingerprint density at radius 2 is 0.784 bits per heavy atom. The zero-order chi connectivity index (χ0) is 23.5. The molecule has 0 aromatic heterocycles. The molecule has 2 heterocycles. The van der Waals surface area contributed by atoms with Crippen LogP contribution in [0.3, 0.4) is 0 Å². The summed E-state index contributed by atoms with van der Waals surface area (Å²) < 4.78 is 0. The van der Waals surface area contributed by atoms with Crippen molar-refractivity contribution in [2.45, 2.75) is 11.3 Å². The fraction of sp³-hybridized carbons (Fsp3) is 0.0667. The van der Waals surface area contributed by atoms with Crippen LogP contribution in [0.4, 0.5) is 0 Å². The van der Waals surface area contributed by atoms with Crippen molar-refractivity contribution >= 4 is 47.7 Å². The van der Waals surface area contributed by atoms with Crippen LogP contribution in [0.5, 0.6) is 0 Å². The average Bonchev–Trinajstić information content (AvgIpc) is 3.55. The van der Waals surface area contributed by atoms with Crippen LogP contribution in [-0.2, 0) is 22.1 Å². The number of rotatable bonds is 6. The first-order chi connectivity index (χ1) is 17.4. The molecule has 0 saturated heterocycles. The summed E-state index contributed by atoms with van der Waals surface area (Å²) >= 11 is -0.620. The van der Waals surface area contributed by atoms with E-state index in [0.29, 0.717) is 11.3 Å². The van der Waals surface area contributed by atoms with Gasteiger partial charge in [-0.05, 0) is 0 Å². The molecular formula is C30H26Cl2P4Zr. The van der Waals surface area contributed by atoms with Gasteiger partial charge in [-0.25, -0.2) is 0 Å². The largest absolute Gasteiger partial charge is 1.00 e. The SMILES string of the molecule is C1=[PH]([Zr+2][PH]2=CP=C(c3ccccc3)C2c2ccccc2)C(c2ccccc2)C(c2ccccc2)=P1.[Cl-].[Cl-]. The molecule has 0 N–H and O–H groups in total. The summed E-state index contributed by atoms with van der Waals surface area (Å²) in [5.74, 6) is 0. The molecule has 4 aromatic rings.